The topological polar surface area (TPSA) is 72.2 Å². The van der Waals surface area contributed by atoms with Crippen LogP contribution in [0.5, 0.6) is 0 Å². The van der Waals surface area contributed by atoms with Crippen LogP contribution in [0.1, 0.15) is 13.8 Å². The molecule has 0 heterocycles. The van der Waals surface area contributed by atoms with E-state index in [-0.39, 0.29) is 16.2 Å². The number of carbonyl (C=O) groups is 1. The number of anilines is 1. The predicted octanol–water partition coefficient (Wildman–Crippen LogP) is 3.27. The highest BCUT2D eigenvalue weighted by Gasteiger charge is 2.09. The molecule has 0 saturated carbocycles. The Hall–Kier alpha value is -1.56. The average molecular weight is 240 g/mol. The summed E-state index contributed by atoms with van der Waals surface area (Å²) in [7, 11) is 0. The first kappa shape index (κ1) is 12.5. The quantitative estimate of drug-likeness (QED) is 0.650. The van der Waals surface area contributed by atoms with Crippen molar-refractivity contribution in [2.75, 3.05) is 5.32 Å². The van der Waals surface area contributed by atoms with E-state index in [0.29, 0.717) is 5.69 Å². The van der Waals surface area contributed by atoms with Gasteiger partial charge >= 0.3 is 0 Å². The number of hydrogen-bond donors (Lipinski definition) is 1. The summed E-state index contributed by atoms with van der Waals surface area (Å²) in [4.78, 5) is 21.4. The monoisotopic (exact) mass is 240 g/mol. The number of benzene rings is 1. The van der Waals surface area contributed by atoms with E-state index in [0.717, 1.165) is 11.8 Å². The van der Waals surface area contributed by atoms with Gasteiger partial charge in [-0.25, -0.2) is 0 Å². The fraction of sp³-hybridized carbons (Fsp3) is 0.300. The zero-order valence-electron chi connectivity index (χ0n) is 8.97. The molecule has 0 unspecified atom stereocenters. The minimum Gasteiger partial charge on any atom is -0.317 e. The maximum atomic E-state index is 11.4. The summed E-state index contributed by atoms with van der Waals surface area (Å²) in [5, 5.41) is 13.1. The van der Waals surface area contributed by atoms with Gasteiger partial charge in [0.15, 0.2) is 0 Å². The summed E-state index contributed by atoms with van der Waals surface area (Å²) in [6.45, 7) is 3.80. The number of amides is 1. The van der Waals surface area contributed by atoms with Crippen molar-refractivity contribution in [1.82, 2.24) is 0 Å². The van der Waals surface area contributed by atoms with Crippen molar-refractivity contribution in [3.05, 3.63) is 34.4 Å². The van der Waals surface area contributed by atoms with Crippen molar-refractivity contribution in [1.29, 1.82) is 0 Å². The largest absolute Gasteiger partial charge is 0.317 e. The van der Waals surface area contributed by atoms with Crippen LogP contribution in [0.2, 0.25) is 0 Å². The number of nitrogens with one attached hydrogen (secondary N) is 1. The molecule has 0 radical (unpaired) electrons. The molecule has 6 heteroatoms. The van der Waals surface area contributed by atoms with Gasteiger partial charge < -0.3 is 5.32 Å². The predicted molar refractivity (Wildman–Crippen MR) is 64.8 cm³/mol. The molecule has 1 aromatic carbocycles. The molecule has 0 fully saturated rings. The number of hydrogen-bond acceptors (Lipinski definition) is 4. The lowest BCUT2D eigenvalue weighted by atomic mass is 10.3. The van der Waals surface area contributed by atoms with Gasteiger partial charge in [0.2, 0.25) is 0 Å². The summed E-state index contributed by atoms with van der Waals surface area (Å²) < 4.78 is 0. The van der Waals surface area contributed by atoms with E-state index in [1.807, 2.05) is 13.8 Å². The summed E-state index contributed by atoms with van der Waals surface area (Å²) in [6.07, 6.45) is 0. The summed E-state index contributed by atoms with van der Waals surface area (Å²) in [5.41, 5.74) is 0.402. The van der Waals surface area contributed by atoms with Gasteiger partial charge in [0.05, 0.1) is 4.92 Å². The lowest BCUT2D eigenvalue weighted by Crippen LogP contribution is -2.08. The third-order valence-electron chi connectivity index (χ3n) is 1.65. The lowest BCUT2D eigenvalue weighted by Gasteiger charge is -2.06. The normalized spacial score (nSPS) is 10.2. The molecule has 16 heavy (non-hydrogen) atoms. The first-order valence-corrected chi connectivity index (χ1v) is 5.59. The van der Waals surface area contributed by atoms with Gasteiger partial charge in [0.1, 0.15) is 0 Å². The minimum atomic E-state index is -0.495. The molecule has 1 aromatic rings. The molecular formula is C10H12N2O3S. The molecule has 1 N–H and O–H groups in total. The van der Waals surface area contributed by atoms with Gasteiger partial charge in [0, 0.05) is 23.1 Å². The first-order chi connectivity index (χ1) is 7.49. The Morgan fingerprint density at radius 2 is 2.19 bits per heavy atom. The van der Waals surface area contributed by atoms with Gasteiger partial charge in [-0.05, 0) is 6.07 Å². The molecule has 0 aromatic heterocycles. The number of non-ortho nitro benzene ring substituents is 1. The molecule has 86 valence electrons. The van der Waals surface area contributed by atoms with Crippen LogP contribution in [0, 0.1) is 10.1 Å². The fourth-order valence-corrected chi connectivity index (χ4v) is 1.66. The number of nitro benzene ring substituents is 1. The molecular weight excluding hydrogens is 228 g/mol. The Kier molecular flexibility index (Phi) is 4.30. The smallest absolute Gasteiger partial charge is 0.283 e. The fourth-order valence-electron chi connectivity index (χ4n) is 1.06. The van der Waals surface area contributed by atoms with Gasteiger partial charge in [-0.1, -0.05) is 31.7 Å². The highest BCUT2D eigenvalue weighted by Crippen LogP contribution is 2.19. The second-order valence-corrected chi connectivity index (χ2v) is 4.94. The maximum Gasteiger partial charge on any atom is 0.283 e. The van der Waals surface area contributed by atoms with E-state index in [1.54, 1.807) is 6.07 Å². The van der Waals surface area contributed by atoms with E-state index in [4.69, 9.17) is 0 Å². The third kappa shape index (κ3) is 3.90. The van der Waals surface area contributed by atoms with Crippen LogP contribution in [-0.2, 0) is 0 Å². The average Bonchev–Trinajstić information content (AvgIpc) is 2.16. The second-order valence-electron chi connectivity index (χ2n) is 3.39. The van der Waals surface area contributed by atoms with Crippen LogP contribution in [0.15, 0.2) is 24.3 Å². The van der Waals surface area contributed by atoms with Crippen molar-refractivity contribution in [2.45, 2.75) is 19.1 Å². The van der Waals surface area contributed by atoms with Crippen molar-refractivity contribution in [2.24, 2.45) is 0 Å². The van der Waals surface area contributed by atoms with Gasteiger partial charge in [-0.2, -0.15) is 0 Å². The molecule has 0 spiro atoms. The van der Waals surface area contributed by atoms with Crippen LogP contribution in [-0.4, -0.2) is 15.4 Å². The second kappa shape index (κ2) is 5.50. The Labute approximate surface area is 97.4 Å². The highest BCUT2D eigenvalue weighted by molar-refractivity contribution is 8.14. The van der Waals surface area contributed by atoms with Gasteiger partial charge in [0.25, 0.3) is 10.9 Å². The Morgan fingerprint density at radius 1 is 1.50 bits per heavy atom. The Balaban J connectivity index is 2.70. The minimum absolute atomic E-state index is 0.0349. The molecule has 1 amide bonds. The zero-order chi connectivity index (χ0) is 12.1. The van der Waals surface area contributed by atoms with Crippen LogP contribution < -0.4 is 5.32 Å². The maximum absolute atomic E-state index is 11.4. The number of carbonyl (C=O) groups excluding carboxylic acids is 1. The van der Waals surface area contributed by atoms with Crippen molar-refractivity contribution >= 4 is 28.4 Å². The van der Waals surface area contributed by atoms with E-state index >= 15 is 0 Å². The molecule has 0 aliphatic rings. The van der Waals surface area contributed by atoms with Crippen LogP contribution in [0.4, 0.5) is 16.2 Å². The Bertz CT molecular complexity index is 407. The Morgan fingerprint density at radius 3 is 2.75 bits per heavy atom. The van der Waals surface area contributed by atoms with E-state index in [2.05, 4.69) is 5.32 Å². The third-order valence-corrected chi connectivity index (χ3v) is 2.43. The number of nitrogens with zero attached hydrogens (tertiary/aromatic N) is 1. The van der Waals surface area contributed by atoms with Crippen LogP contribution in [0.3, 0.4) is 0 Å². The first-order valence-electron chi connectivity index (χ1n) is 4.71. The summed E-state index contributed by atoms with van der Waals surface area (Å²) in [5.74, 6) is 0. The van der Waals surface area contributed by atoms with E-state index in [9.17, 15) is 14.9 Å². The highest BCUT2D eigenvalue weighted by atomic mass is 32.2. The number of rotatable bonds is 3. The van der Waals surface area contributed by atoms with E-state index in [1.165, 1.54) is 18.2 Å². The van der Waals surface area contributed by atoms with Crippen molar-refractivity contribution < 1.29 is 9.72 Å². The molecule has 0 bridgehead atoms. The standard InChI is InChI=1S/C10H12N2O3S/c1-7(2)16-10(13)11-8-4-3-5-9(6-8)12(14)15/h3-7H,1-2H3,(H,11,13). The van der Waals surface area contributed by atoms with Gasteiger partial charge in [-0.15, -0.1) is 0 Å². The molecule has 0 aliphatic heterocycles. The molecule has 1 rings (SSSR count). The lowest BCUT2D eigenvalue weighted by molar-refractivity contribution is -0.384. The number of nitro groups is 1. The summed E-state index contributed by atoms with van der Waals surface area (Å²) in [6, 6.07) is 5.86. The van der Waals surface area contributed by atoms with Crippen LogP contribution in [0.25, 0.3) is 0 Å². The molecule has 0 aliphatic carbocycles. The van der Waals surface area contributed by atoms with E-state index < -0.39 is 4.92 Å². The van der Waals surface area contributed by atoms with Crippen molar-refractivity contribution in [3.8, 4) is 0 Å². The van der Waals surface area contributed by atoms with Gasteiger partial charge in [-0.3, -0.25) is 14.9 Å². The van der Waals surface area contributed by atoms with Crippen LogP contribution >= 0.6 is 11.8 Å². The molecule has 0 atom stereocenters. The summed E-state index contributed by atoms with van der Waals surface area (Å²) >= 11 is 1.14. The molecule has 0 saturated heterocycles. The number of thioether (sulfide) groups is 1. The molecule has 5 nitrogen and oxygen atoms in total. The zero-order valence-corrected chi connectivity index (χ0v) is 9.78. The van der Waals surface area contributed by atoms with Crippen molar-refractivity contribution in [3.63, 3.8) is 0 Å². The SMILES string of the molecule is CC(C)SC(=O)Nc1cccc([N+](=O)[O-])c1.